The van der Waals surface area contributed by atoms with Gasteiger partial charge in [0.25, 0.3) is 0 Å². The third kappa shape index (κ3) is 22.1. The van der Waals surface area contributed by atoms with E-state index in [0.29, 0.717) is 0 Å². The minimum atomic E-state index is -1.01. The van der Waals surface area contributed by atoms with Crippen LogP contribution in [-0.2, 0) is 66.2 Å². The molecule has 12 heteroatoms. The molecule has 14 rings (SSSR count). The Morgan fingerprint density at radius 1 is 0.194 bits per heavy atom. The summed E-state index contributed by atoms with van der Waals surface area (Å²) in [6, 6.07) is 127. The van der Waals surface area contributed by atoms with Crippen LogP contribution >= 0.6 is 50.1 Å². The number of hydrogen-bond acceptors (Lipinski definition) is 4. The second-order valence-corrected chi connectivity index (χ2v) is 37.5. The predicted octanol–water partition coefficient (Wildman–Crippen LogP) is 21.5. The summed E-state index contributed by atoms with van der Waals surface area (Å²) < 4.78 is 0. The summed E-state index contributed by atoms with van der Waals surface area (Å²) >= 11 is 3.50. The summed E-state index contributed by atoms with van der Waals surface area (Å²) in [5.41, 5.74) is 5.86. The summed E-state index contributed by atoms with van der Waals surface area (Å²) in [6.45, 7) is 17.4. The van der Waals surface area contributed by atoms with Gasteiger partial charge in [0, 0.05) is 52.4 Å². The topological polar surface area (TPSA) is 13.0 Å². The summed E-state index contributed by atoms with van der Waals surface area (Å²) in [5, 5.41) is 23.0. The van der Waals surface area contributed by atoms with Gasteiger partial charge >= 0.3 is 58.4 Å². The molecule has 108 heavy (non-hydrogen) atoms. The molecule has 0 spiro atoms. The van der Waals surface area contributed by atoms with Crippen LogP contribution < -0.4 is 42.4 Å². The van der Waals surface area contributed by atoms with Crippen molar-refractivity contribution in [2.24, 2.45) is 0 Å². The molecule has 0 saturated heterocycles. The van der Waals surface area contributed by atoms with Crippen LogP contribution in [0, 0.1) is 0 Å². The van der Waals surface area contributed by atoms with Crippen LogP contribution in [0.2, 0.25) is 0 Å². The summed E-state index contributed by atoms with van der Waals surface area (Å²) in [4.78, 5) is 11.0. The number of hydrogen-bond donors (Lipinski definition) is 0. The van der Waals surface area contributed by atoms with Crippen molar-refractivity contribution in [2.75, 3.05) is 51.3 Å². The standard InChI is InChI=1S/2C48H50N2P2.2Au.2ClH/c2*1-3-33-49(37-51(39-21-9-5-10-22-39)40-23-11-6-12-24-40)35-47-43-29-17-19-31-45(43)48(46-32-20-18-30-44(46)47)36-50(34-4-2)38-52(41-25-13-7-14-26-41)42-27-15-8-16-28-42;;;;/h2*5-32H,3-4,33-38H2,1-2H3;;;2*1H/q;;2*+1;;/p+2. The molecule has 14 aromatic rings. The molecule has 0 atom stereocenters. The van der Waals surface area contributed by atoms with Crippen LogP contribution in [0.1, 0.15) is 75.6 Å². The molecule has 0 aliphatic rings. The Hall–Kier alpha value is -6.26. The molecule has 0 aromatic heterocycles. The first-order chi connectivity index (χ1) is 53.5. The molecular formula is C96H104Au2Cl2N4P4+4. The van der Waals surface area contributed by atoms with E-state index in [1.165, 1.54) is 108 Å². The van der Waals surface area contributed by atoms with E-state index in [4.69, 9.17) is 0 Å². The Labute approximate surface area is 681 Å². The predicted molar refractivity (Wildman–Crippen MR) is 479 cm³/mol. The van der Waals surface area contributed by atoms with Crippen LogP contribution in [0.4, 0.5) is 0 Å². The van der Waals surface area contributed by atoms with Gasteiger partial charge in [0.1, 0.15) is 25.1 Å². The van der Waals surface area contributed by atoms with Gasteiger partial charge in [0.2, 0.25) is 0 Å². The number of halogens is 2. The van der Waals surface area contributed by atoms with Crippen molar-refractivity contribution in [3.8, 4) is 0 Å². The van der Waals surface area contributed by atoms with Crippen LogP contribution in [0.3, 0.4) is 0 Å². The van der Waals surface area contributed by atoms with Crippen LogP contribution in [0.25, 0.3) is 43.1 Å². The fraction of sp³-hybridized carbons (Fsp3) is 0.208. The monoisotopic (exact) mass is 1900 g/mol. The number of fused-ring (bicyclic) bond motifs is 4. The number of nitrogens with zero attached hydrogens (tertiary/aromatic N) is 4. The maximum atomic E-state index is 4.58. The van der Waals surface area contributed by atoms with E-state index in [2.05, 4.69) is 405 Å². The molecule has 4 nitrogen and oxygen atoms in total. The van der Waals surface area contributed by atoms with Crippen LogP contribution in [0.5, 0.6) is 0 Å². The van der Waals surface area contributed by atoms with Gasteiger partial charge in [0.15, 0.2) is 0 Å². The van der Waals surface area contributed by atoms with Gasteiger partial charge in [0.05, 0.1) is 74.1 Å². The van der Waals surface area contributed by atoms with Gasteiger partial charge < -0.3 is 0 Å². The zero-order valence-electron chi connectivity index (χ0n) is 62.8. The molecule has 14 aromatic carbocycles. The molecule has 0 saturated carbocycles. The van der Waals surface area contributed by atoms with E-state index < -0.39 is 31.7 Å². The summed E-state index contributed by atoms with van der Waals surface area (Å²) in [7, 11) is 5.13. The van der Waals surface area contributed by atoms with E-state index >= 15 is 0 Å². The van der Waals surface area contributed by atoms with Gasteiger partial charge in [-0.05, 0) is 188 Å². The molecule has 0 N–H and O–H groups in total. The second kappa shape index (κ2) is 44.7. The average molecular weight is 1900 g/mol. The summed E-state index contributed by atoms with van der Waals surface area (Å²) in [5.74, 6) is 0. The first kappa shape index (κ1) is 82.7. The molecule has 0 amide bonds. The quantitative estimate of drug-likeness (QED) is 0.0237. The third-order valence-corrected chi connectivity index (χ3v) is 31.8. The van der Waals surface area contributed by atoms with Crippen molar-refractivity contribution in [2.45, 2.75) is 79.6 Å². The van der Waals surface area contributed by atoms with Crippen molar-refractivity contribution in [3.63, 3.8) is 0 Å². The molecule has 0 bridgehead atoms. The van der Waals surface area contributed by atoms with Crippen molar-refractivity contribution in [1.29, 1.82) is 0 Å². The van der Waals surface area contributed by atoms with Gasteiger partial charge in [-0.15, -0.1) is 0 Å². The van der Waals surface area contributed by atoms with Crippen molar-refractivity contribution >= 4 is 136 Å². The number of benzene rings is 14. The fourth-order valence-corrected chi connectivity index (χ4v) is 26.1. The zero-order chi connectivity index (χ0) is 75.1. The zero-order valence-corrected chi connectivity index (χ0v) is 72.6. The average Bonchev–Trinajstić information content (AvgIpc) is 0.754. The van der Waals surface area contributed by atoms with Crippen molar-refractivity contribution in [1.82, 2.24) is 19.6 Å². The molecule has 0 fully saturated rings. The molecule has 0 aliphatic carbocycles. The van der Waals surface area contributed by atoms with E-state index in [1.807, 2.05) is 0 Å². The second-order valence-electron chi connectivity index (χ2n) is 27.8. The normalized spacial score (nSPS) is 11.5. The van der Waals surface area contributed by atoms with Crippen LogP contribution in [0.15, 0.2) is 340 Å². The molecular weight excluding hydrogens is 1800 g/mol. The Morgan fingerprint density at radius 3 is 0.435 bits per heavy atom. The summed E-state index contributed by atoms with van der Waals surface area (Å²) in [6.07, 6.45) is 8.82. The van der Waals surface area contributed by atoms with E-state index in [9.17, 15) is 0 Å². The van der Waals surface area contributed by atoms with E-state index in [0.717, 1.165) is 103 Å². The SMILES string of the molecule is CCCN(Cc1c2ccccc2c(CN(CCC)C[PH+](c2ccccc2)c2ccccc2)c2ccccc12)C[PH+](c1ccccc1)c1ccccc1.CCCN(Cc1c2ccccc2c(CN(CCC)C[PH+](c2ccccc2)c2ccccc2)c2ccccc12)C[PH+](c1ccccc1)c1ccccc1.[Cl][Au].[Cl][Au]. The molecule has 0 radical (unpaired) electrons. The van der Waals surface area contributed by atoms with Crippen LogP contribution in [-0.4, -0.2) is 70.9 Å². The Morgan fingerprint density at radius 2 is 0.315 bits per heavy atom. The minimum absolute atomic E-state index is 0.941. The van der Waals surface area contributed by atoms with Gasteiger partial charge in [-0.25, -0.2) is 0 Å². The Bertz CT molecular complexity index is 4040. The van der Waals surface area contributed by atoms with E-state index in [1.54, 1.807) is 40.0 Å². The third-order valence-electron chi connectivity index (χ3n) is 20.5. The molecule has 560 valence electrons. The number of rotatable bonds is 32. The fourth-order valence-electron chi connectivity index (χ4n) is 15.7. The van der Waals surface area contributed by atoms with Gasteiger partial charge in [-0.1, -0.05) is 270 Å². The molecule has 0 aliphatic heterocycles. The Balaban J connectivity index is 0.000000206. The van der Waals surface area contributed by atoms with Crippen molar-refractivity contribution in [3.05, 3.63) is 362 Å². The first-order valence-electron chi connectivity index (χ1n) is 38.3. The van der Waals surface area contributed by atoms with E-state index in [-0.39, 0.29) is 0 Å². The first-order valence-corrected chi connectivity index (χ1v) is 50.5. The van der Waals surface area contributed by atoms with Gasteiger partial charge in [-0.2, -0.15) is 0 Å². The Kier molecular flexibility index (Phi) is 34.2. The molecule has 0 heterocycles. The molecule has 0 unspecified atom stereocenters. The van der Waals surface area contributed by atoms with Crippen molar-refractivity contribution < 1.29 is 40.0 Å². The maximum absolute atomic E-state index is 4.58. The van der Waals surface area contributed by atoms with Gasteiger partial charge in [-0.3, -0.25) is 19.6 Å².